The van der Waals surface area contributed by atoms with Crippen molar-refractivity contribution in [1.29, 1.82) is 0 Å². The SMILES string of the molecule is NCC=Cc1cc(C(=O)O)c(O)cc1O. The van der Waals surface area contributed by atoms with Gasteiger partial charge in [-0.3, -0.25) is 0 Å². The van der Waals surface area contributed by atoms with E-state index in [0.29, 0.717) is 5.56 Å². The Balaban J connectivity index is 3.23. The maximum atomic E-state index is 10.7. The first kappa shape index (κ1) is 11.1. The van der Waals surface area contributed by atoms with Gasteiger partial charge in [-0.25, -0.2) is 4.79 Å². The molecule has 0 bridgehead atoms. The van der Waals surface area contributed by atoms with Crippen molar-refractivity contribution < 1.29 is 20.1 Å². The molecule has 0 heterocycles. The fourth-order valence-electron chi connectivity index (χ4n) is 1.09. The summed E-state index contributed by atoms with van der Waals surface area (Å²) < 4.78 is 0. The predicted octanol–water partition coefficient (Wildman–Crippen LogP) is 0.768. The maximum Gasteiger partial charge on any atom is 0.339 e. The van der Waals surface area contributed by atoms with Crippen LogP contribution in [0.2, 0.25) is 0 Å². The Morgan fingerprint density at radius 1 is 1.33 bits per heavy atom. The molecule has 5 N–H and O–H groups in total. The molecule has 0 fully saturated rings. The number of hydrogen-bond donors (Lipinski definition) is 4. The first-order chi connectivity index (χ1) is 7.06. The van der Waals surface area contributed by atoms with E-state index in [-0.39, 0.29) is 17.9 Å². The zero-order valence-electron chi connectivity index (χ0n) is 7.84. The van der Waals surface area contributed by atoms with Gasteiger partial charge in [0, 0.05) is 18.2 Å². The van der Waals surface area contributed by atoms with Crippen molar-refractivity contribution in [3.63, 3.8) is 0 Å². The fraction of sp³-hybridized carbons (Fsp3) is 0.100. The topological polar surface area (TPSA) is 104 Å². The molecule has 0 saturated heterocycles. The van der Waals surface area contributed by atoms with Gasteiger partial charge in [-0.05, 0) is 6.07 Å². The lowest BCUT2D eigenvalue weighted by Gasteiger charge is -2.03. The summed E-state index contributed by atoms with van der Waals surface area (Å²) in [7, 11) is 0. The summed E-state index contributed by atoms with van der Waals surface area (Å²) >= 11 is 0. The highest BCUT2D eigenvalue weighted by atomic mass is 16.4. The lowest BCUT2D eigenvalue weighted by Crippen LogP contribution is -1.97. The van der Waals surface area contributed by atoms with E-state index in [0.717, 1.165) is 6.07 Å². The molecule has 0 aliphatic heterocycles. The minimum atomic E-state index is -1.25. The van der Waals surface area contributed by atoms with Crippen LogP contribution in [-0.2, 0) is 0 Å². The normalized spacial score (nSPS) is 10.7. The number of hydrogen-bond acceptors (Lipinski definition) is 4. The Hall–Kier alpha value is -2.01. The van der Waals surface area contributed by atoms with Crippen molar-refractivity contribution in [3.8, 4) is 11.5 Å². The average Bonchev–Trinajstić information content (AvgIpc) is 2.16. The standard InChI is InChI=1S/C10H11NO4/c11-3-1-2-6-4-7(10(14)15)9(13)5-8(6)12/h1-2,4-5,12-13H,3,11H2,(H,14,15). The lowest BCUT2D eigenvalue weighted by molar-refractivity contribution is 0.0693. The first-order valence-electron chi connectivity index (χ1n) is 4.22. The maximum absolute atomic E-state index is 10.7. The Morgan fingerprint density at radius 3 is 2.53 bits per heavy atom. The fourth-order valence-corrected chi connectivity index (χ4v) is 1.09. The number of phenolic OH excluding ortho intramolecular Hbond substituents is 1. The van der Waals surface area contributed by atoms with Gasteiger partial charge in [0.2, 0.25) is 0 Å². The van der Waals surface area contributed by atoms with Crippen LogP contribution in [-0.4, -0.2) is 27.8 Å². The molecule has 0 amide bonds. The summed E-state index contributed by atoms with van der Waals surface area (Å²) in [5, 5.41) is 27.3. The number of benzene rings is 1. The van der Waals surface area contributed by atoms with Crippen molar-refractivity contribution in [1.82, 2.24) is 0 Å². The van der Waals surface area contributed by atoms with E-state index in [1.165, 1.54) is 12.1 Å². The summed E-state index contributed by atoms with van der Waals surface area (Å²) in [6.07, 6.45) is 3.05. The minimum absolute atomic E-state index is 0.192. The van der Waals surface area contributed by atoms with Crippen LogP contribution in [0.25, 0.3) is 6.08 Å². The van der Waals surface area contributed by atoms with Crippen LogP contribution in [0.5, 0.6) is 11.5 Å². The van der Waals surface area contributed by atoms with E-state index in [1.807, 2.05) is 0 Å². The number of phenols is 2. The Labute approximate surface area is 86.1 Å². The van der Waals surface area contributed by atoms with Gasteiger partial charge in [0.05, 0.1) is 0 Å². The van der Waals surface area contributed by atoms with E-state index in [4.69, 9.17) is 10.8 Å². The lowest BCUT2D eigenvalue weighted by atomic mass is 10.1. The Morgan fingerprint density at radius 2 is 2.00 bits per heavy atom. The molecule has 1 aromatic rings. The molecule has 1 aromatic carbocycles. The summed E-state index contributed by atoms with van der Waals surface area (Å²) in [5.74, 6) is -1.91. The van der Waals surface area contributed by atoms with Crippen molar-refractivity contribution in [3.05, 3.63) is 29.3 Å². The van der Waals surface area contributed by atoms with E-state index < -0.39 is 11.7 Å². The van der Waals surface area contributed by atoms with E-state index in [1.54, 1.807) is 6.08 Å². The molecule has 0 aliphatic carbocycles. The molecule has 1 rings (SSSR count). The molecule has 5 heteroatoms. The van der Waals surface area contributed by atoms with E-state index in [2.05, 4.69) is 0 Å². The van der Waals surface area contributed by atoms with Crippen LogP contribution in [0.4, 0.5) is 0 Å². The molecule has 0 aliphatic rings. The number of aromatic carboxylic acids is 1. The number of carboxylic acids is 1. The summed E-state index contributed by atoms with van der Waals surface area (Å²) in [6.45, 7) is 0.280. The van der Waals surface area contributed by atoms with Gasteiger partial charge in [-0.15, -0.1) is 0 Å². The predicted molar refractivity (Wildman–Crippen MR) is 54.8 cm³/mol. The monoisotopic (exact) mass is 209 g/mol. The van der Waals surface area contributed by atoms with Gasteiger partial charge in [-0.2, -0.15) is 0 Å². The third-order valence-corrected chi connectivity index (χ3v) is 1.81. The van der Waals surface area contributed by atoms with Gasteiger partial charge in [0.25, 0.3) is 0 Å². The van der Waals surface area contributed by atoms with Crippen LogP contribution in [0, 0.1) is 0 Å². The van der Waals surface area contributed by atoms with Gasteiger partial charge in [0.15, 0.2) is 0 Å². The highest BCUT2D eigenvalue weighted by Crippen LogP contribution is 2.28. The smallest absolute Gasteiger partial charge is 0.339 e. The second kappa shape index (κ2) is 4.47. The van der Waals surface area contributed by atoms with Gasteiger partial charge in [0.1, 0.15) is 17.1 Å². The van der Waals surface area contributed by atoms with Gasteiger partial charge < -0.3 is 21.1 Å². The molecule has 0 radical (unpaired) electrons. The number of nitrogens with two attached hydrogens (primary N) is 1. The second-order valence-electron chi connectivity index (χ2n) is 2.87. The molecule has 0 aromatic heterocycles. The molecule has 5 nitrogen and oxygen atoms in total. The third-order valence-electron chi connectivity index (χ3n) is 1.81. The summed E-state index contributed by atoms with van der Waals surface area (Å²) in [6, 6.07) is 2.17. The first-order valence-corrected chi connectivity index (χ1v) is 4.22. The molecule has 80 valence electrons. The van der Waals surface area contributed by atoms with Crippen LogP contribution in [0.3, 0.4) is 0 Å². The highest BCUT2D eigenvalue weighted by Gasteiger charge is 2.12. The zero-order chi connectivity index (χ0) is 11.4. The summed E-state index contributed by atoms with van der Waals surface area (Å²) in [4.78, 5) is 10.7. The van der Waals surface area contributed by atoms with E-state index in [9.17, 15) is 15.0 Å². The van der Waals surface area contributed by atoms with Crippen LogP contribution >= 0.6 is 0 Å². The average molecular weight is 209 g/mol. The number of aromatic hydroxyl groups is 2. The van der Waals surface area contributed by atoms with Crippen LogP contribution in [0.1, 0.15) is 15.9 Å². The number of carboxylic acid groups (broad SMARTS) is 1. The van der Waals surface area contributed by atoms with E-state index >= 15 is 0 Å². The van der Waals surface area contributed by atoms with Crippen molar-refractivity contribution in [2.45, 2.75) is 0 Å². The largest absolute Gasteiger partial charge is 0.507 e. The number of rotatable bonds is 3. The quantitative estimate of drug-likeness (QED) is 0.588. The highest BCUT2D eigenvalue weighted by molar-refractivity contribution is 5.92. The number of carbonyl (C=O) groups is 1. The van der Waals surface area contributed by atoms with Crippen molar-refractivity contribution in [2.24, 2.45) is 5.73 Å². The molecule has 0 atom stereocenters. The Kier molecular flexibility index (Phi) is 3.30. The Bertz CT molecular complexity index is 412. The zero-order valence-corrected chi connectivity index (χ0v) is 7.84. The third kappa shape index (κ3) is 2.47. The van der Waals surface area contributed by atoms with Crippen molar-refractivity contribution in [2.75, 3.05) is 6.54 Å². The van der Waals surface area contributed by atoms with Crippen molar-refractivity contribution >= 4 is 12.0 Å². The molecule has 0 spiro atoms. The second-order valence-corrected chi connectivity index (χ2v) is 2.87. The minimum Gasteiger partial charge on any atom is -0.507 e. The summed E-state index contributed by atoms with van der Waals surface area (Å²) in [5.41, 5.74) is 5.26. The van der Waals surface area contributed by atoms with Crippen LogP contribution < -0.4 is 5.73 Å². The molecular formula is C10H11NO4. The molecule has 0 saturated carbocycles. The van der Waals surface area contributed by atoms with Gasteiger partial charge in [-0.1, -0.05) is 12.2 Å². The molecule has 0 unspecified atom stereocenters. The van der Waals surface area contributed by atoms with Crippen LogP contribution in [0.15, 0.2) is 18.2 Å². The van der Waals surface area contributed by atoms with Gasteiger partial charge >= 0.3 is 5.97 Å². The molecule has 15 heavy (non-hydrogen) atoms. The molecular weight excluding hydrogens is 198 g/mol.